The molecule has 0 aliphatic heterocycles. The Kier molecular flexibility index (Phi) is 3.47. The molecule has 5 nitrogen and oxygen atoms in total. The number of ether oxygens (including phenoxy) is 1. The fraction of sp³-hybridized carbons (Fsp3) is 0.667. The molecule has 2 N–H and O–H groups in total. The van der Waals surface area contributed by atoms with Crippen LogP contribution in [0.15, 0.2) is 18.3 Å². The highest BCUT2D eigenvalue weighted by Crippen LogP contribution is 2.55. The first-order valence-corrected chi connectivity index (χ1v) is 8.69. The van der Waals surface area contributed by atoms with Gasteiger partial charge in [-0.1, -0.05) is 0 Å². The molecule has 23 heavy (non-hydrogen) atoms. The maximum atomic E-state index is 12.5. The summed E-state index contributed by atoms with van der Waals surface area (Å²) >= 11 is 0. The highest BCUT2D eigenvalue weighted by atomic mass is 16.5. The predicted octanol–water partition coefficient (Wildman–Crippen LogP) is 2.65. The molecule has 124 valence electrons. The molecule has 1 aromatic heterocycles. The van der Waals surface area contributed by atoms with E-state index in [2.05, 4.69) is 10.3 Å². The number of carbonyl (C=O) groups is 2. The van der Waals surface area contributed by atoms with E-state index in [0.717, 1.165) is 37.0 Å². The van der Waals surface area contributed by atoms with Gasteiger partial charge in [-0.2, -0.15) is 0 Å². The van der Waals surface area contributed by atoms with Gasteiger partial charge in [-0.25, -0.2) is 4.79 Å². The molecule has 0 spiro atoms. The number of hydrogen-bond donors (Lipinski definition) is 2. The summed E-state index contributed by atoms with van der Waals surface area (Å²) in [6, 6.07) is 3.38. The number of amides is 1. The van der Waals surface area contributed by atoms with Crippen molar-refractivity contribution in [3.63, 3.8) is 0 Å². The Morgan fingerprint density at radius 1 is 1.22 bits per heavy atom. The molecular weight excluding hydrogens is 292 g/mol. The summed E-state index contributed by atoms with van der Waals surface area (Å²) in [6.45, 7) is 1.65. The third-order valence-corrected chi connectivity index (χ3v) is 5.90. The number of hydrogen-bond acceptors (Lipinski definition) is 3. The molecule has 1 amide bonds. The van der Waals surface area contributed by atoms with E-state index in [4.69, 9.17) is 4.74 Å². The Balaban J connectivity index is 1.39. The van der Waals surface area contributed by atoms with Gasteiger partial charge in [-0.15, -0.1) is 0 Å². The highest BCUT2D eigenvalue weighted by Gasteiger charge is 2.51. The van der Waals surface area contributed by atoms with Crippen LogP contribution in [0.1, 0.15) is 55.9 Å². The Hall–Kier alpha value is -1.78. The molecule has 1 aromatic rings. The lowest BCUT2D eigenvalue weighted by atomic mass is 9.53. The number of esters is 1. The van der Waals surface area contributed by atoms with Gasteiger partial charge in [0.1, 0.15) is 5.69 Å². The van der Waals surface area contributed by atoms with Gasteiger partial charge in [0.25, 0.3) is 5.91 Å². The fourth-order valence-corrected chi connectivity index (χ4v) is 5.36. The summed E-state index contributed by atoms with van der Waals surface area (Å²) in [6.07, 6.45) is 8.22. The zero-order valence-electron chi connectivity index (χ0n) is 13.5. The van der Waals surface area contributed by atoms with Gasteiger partial charge in [-0.05, 0) is 75.3 Å². The predicted molar refractivity (Wildman–Crippen MR) is 84.7 cm³/mol. The van der Waals surface area contributed by atoms with Crippen LogP contribution in [-0.2, 0) is 9.53 Å². The van der Waals surface area contributed by atoms with Crippen LogP contribution in [0.5, 0.6) is 0 Å². The zero-order chi connectivity index (χ0) is 16.0. The van der Waals surface area contributed by atoms with Gasteiger partial charge >= 0.3 is 5.97 Å². The SMILES string of the molecule is C[C@H](OC(=O)c1ccc[nH]1)C(=O)NC12CC3CC(CC(C3)C1)C2. The average Bonchev–Trinajstić information content (AvgIpc) is 2.99. The van der Waals surface area contributed by atoms with Crippen molar-refractivity contribution in [2.45, 2.75) is 57.1 Å². The molecule has 0 unspecified atom stereocenters. The molecule has 0 saturated heterocycles. The summed E-state index contributed by atoms with van der Waals surface area (Å²) in [5.41, 5.74) is 0.332. The molecule has 4 bridgehead atoms. The lowest BCUT2D eigenvalue weighted by Gasteiger charge is -2.57. The van der Waals surface area contributed by atoms with Crippen LogP contribution in [0, 0.1) is 17.8 Å². The molecule has 1 heterocycles. The second-order valence-electron chi connectivity index (χ2n) is 7.82. The maximum Gasteiger partial charge on any atom is 0.355 e. The van der Waals surface area contributed by atoms with E-state index in [-0.39, 0.29) is 11.4 Å². The van der Waals surface area contributed by atoms with Crippen molar-refractivity contribution in [2.24, 2.45) is 17.8 Å². The summed E-state index contributed by atoms with van der Waals surface area (Å²) in [7, 11) is 0. The Labute approximate surface area is 136 Å². The van der Waals surface area contributed by atoms with Gasteiger partial charge in [0.15, 0.2) is 6.10 Å². The van der Waals surface area contributed by atoms with Crippen molar-refractivity contribution in [1.29, 1.82) is 0 Å². The van der Waals surface area contributed by atoms with Crippen LogP contribution in [0.2, 0.25) is 0 Å². The molecular formula is C18H24N2O3. The van der Waals surface area contributed by atoms with Crippen LogP contribution in [0.4, 0.5) is 0 Å². The van der Waals surface area contributed by atoms with E-state index >= 15 is 0 Å². The molecule has 5 heteroatoms. The first kappa shape index (κ1) is 14.8. The van der Waals surface area contributed by atoms with E-state index in [0.29, 0.717) is 5.69 Å². The lowest BCUT2D eigenvalue weighted by molar-refractivity contribution is -0.134. The van der Waals surface area contributed by atoms with E-state index in [1.54, 1.807) is 25.3 Å². The zero-order valence-corrected chi connectivity index (χ0v) is 13.5. The fourth-order valence-electron chi connectivity index (χ4n) is 5.36. The van der Waals surface area contributed by atoms with E-state index in [1.807, 2.05) is 0 Å². The smallest absolute Gasteiger partial charge is 0.355 e. The standard InChI is InChI=1S/C18H24N2O3/c1-11(23-17(22)15-3-2-4-19-15)16(21)20-18-8-12-5-13(9-18)7-14(6-12)10-18/h2-4,11-14,19H,5-10H2,1H3,(H,20,21)/t11-,12?,13?,14?,18?/m0/s1. The number of nitrogens with one attached hydrogen (secondary N) is 2. The minimum Gasteiger partial charge on any atom is -0.448 e. The molecule has 4 aliphatic carbocycles. The summed E-state index contributed by atoms with van der Waals surface area (Å²) in [4.78, 5) is 27.3. The van der Waals surface area contributed by atoms with E-state index in [9.17, 15) is 9.59 Å². The molecule has 4 fully saturated rings. The van der Waals surface area contributed by atoms with Gasteiger partial charge in [0.05, 0.1) is 0 Å². The first-order chi connectivity index (χ1) is 11.0. The number of aromatic nitrogens is 1. The van der Waals surface area contributed by atoms with Crippen molar-refractivity contribution in [3.05, 3.63) is 24.0 Å². The van der Waals surface area contributed by atoms with Crippen LogP contribution in [0.3, 0.4) is 0 Å². The van der Waals surface area contributed by atoms with E-state index < -0.39 is 12.1 Å². The summed E-state index contributed by atoms with van der Waals surface area (Å²) < 4.78 is 5.29. The number of aromatic amines is 1. The second-order valence-corrected chi connectivity index (χ2v) is 7.82. The second kappa shape index (κ2) is 5.39. The number of H-pyrrole nitrogens is 1. The topological polar surface area (TPSA) is 71.2 Å². The third kappa shape index (κ3) is 2.77. The normalized spacial score (nSPS) is 35.8. The van der Waals surface area contributed by atoms with E-state index in [1.165, 1.54) is 19.3 Å². The Morgan fingerprint density at radius 3 is 2.35 bits per heavy atom. The van der Waals surface area contributed by atoms with Gasteiger partial charge in [0.2, 0.25) is 0 Å². The Bertz CT molecular complexity index is 573. The van der Waals surface area contributed by atoms with Crippen molar-refractivity contribution < 1.29 is 14.3 Å². The minimum atomic E-state index is -0.765. The van der Waals surface area contributed by atoms with Crippen molar-refractivity contribution >= 4 is 11.9 Å². The average molecular weight is 316 g/mol. The van der Waals surface area contributed by atoms with Crippen LogP contribution in [0.25, 0.3) is 0 Å². The maximum absolute atomic E-state index is 12.5. The summed E-state index contributed by atoms with van der Waals surface area (Å²) in [5.74, 6) is 1.69. The summed E-state index contributed by atoms with van der Waals surface area (Å²) in [5, 5.41) is 3.25. The molecule has 5 rings (SSSR count). The van der Waals surface area contributed by atoms with Gasteiger partial charge in [-0.3, -0.25) is 4.79 Å². The Morgan fingerprint density at radius 2 is 1.83 bits per heavy atom. The molecule has 4 saturated carbocycles. The minimum absolute atomic E-state index is 0.0427. The lowest BCUT2D eigenvalue weighted by Crippen LogP contribution is -2.61. The highest BCUT2D eigenvalue weighted by molar-refractivity contribution is 5.90. The first-order valence-electron chi connectivity index (χ1n) is 8.69. The van der Waals surface area contributed by atoms with Crippen LogP contribution >= 0.6 is 0 Å². The van der Waals surface area contributed by atoms with Crippen molar-refractivity contribution in [1.82, 2.24) is 10.3 Å². The van der Waals surface area contributed by atoms with Crippen molar-refractivity contribution in [3.8, 4) is 0 Å². The monoisotopic (exact) mass is 316 g/mol. The number of rotatable bonds is 4. The molecule has 1 atom stereocenters. The van der Waals surface area contributed by atoms with Crippen LogP contribution < -0.4 is 5.32 Å². The quantitative estimate of drug-likeness (QED) is 0.839. The molecule has 0 aromatic carbocycles. The van der Waals surface area contributed by atoms with Gasteiger partial charge in [0, 0.05) is 11.7 Å². The van der Waals surface area contributed by atoms with Crippen LogP contribution in [-0.4, -0.2) is 28.5 Å². The number of carbonyl (C=O) groups excluding carboxylic acids is 2. The largest absolute Gasteiger partial charge is 0.448 e. The van der Waals surface area contributed by atoms with Gasteiger partial charge < -0.3 is 15.0 Å². The van der Waals surface area contributed by atoms with Crippen molar-refractivity contribution in [2.75, 3.05) is 0 Å². The molecule has 0 radical (unpaired) electrons. The third-order valence-electron chi connectivity index (χ3n) is 5.90. The molecule has 4 aliphatic rings.